The Labute approximate surface area is 80.1 Å². The van der Waals surface area contributed by atoms with Crippen LogP contribution in [0.15, 0.2) is 0 Å². The van der Waals surface area contributed by atoms with Gasteiger partial charge < -0.3 is 9.84 Å². The molecule has 0 atom stereocenters. The van der Waals surface area contributed by atoms with Gasteiger partial charge in [-0.1, -0.05) is 0 Å². The molecule has 3 nitrogen and oxygen atoms in total. The van der Waals surface area contributed by atoms with Crippen molar-refractivity contribution in [3.63, 3.8) is 0 Å². The van der Waals surface area contributed by atoms with Gasteiger partial charge in [0.25, 0.3) is 0 Å². The van der Waals surface area contributed by atoms with E-state index in [1.54, 1.807) is 7.11 Å². The maximum absolute atomic E-state index is 11.2. The van der Waals surface area contributed by atoms with Crippen molar-refractivity contribution in [1.29, 1.82) is 0 Å². The molecule has 0 aromatic rings. The summed E-state index contributed by atoms with van der Waals surface area (Å²) in [4.78, 5) is 11.2. The maximum Gasteiger partial charge on any atom is 0.133 e. The number of hydrogen-bond donors (Lipinski definition) is 1. The number of carbonyl (C=O) groups excluding carboxylic acids is 1. The van der Waals surface area contributed by atoms with E-state index in [9.17, 15) is 4.79 Å². The van der Waals surface area contributed by atoms with E-state index in [1.807, 2.05) is 13.8 Å². The Morgan fingerprint density at radius 1 is 1.38 bits per heavy atom. The molecular formula is C10H20O3. The molecule has 0 bridgehead atoms. The molecule has 0 spiro atoms. The van der Waals surface area contributed by atoms with Crippen molar-refractivity contribution in [1.82, 2.24) is 0 Å². The van der Waals surface area contributed by atoms with Gasteiger partial charge in [-0.3, -0.25) is 4.79 Å². The number of ether oxygens (including phenoxy) is 1. The highest BCUT2D eigenvalue weighted by atomic mass is 16.5. The number of rotatable bonds is 7. The lowest BCUT2D eigenvalue weighted by atomic mass is 9.99. The van der Waals surface area contributed by atoms with E-state index in [1.165, 1.54) is 0 Å². The topological polar surface area (TPSA) is 46.5 Å². The lowest BCUT2D eigenvalue weighted by Gasteiger charge is -2.22. The normalized spacial score (nSPS) is 11.7. The summed E-state index contributed by atoms with van der Waals surface area (Å²) in [5, 5.41) is 8.51. The predicted octanol–water partition coefficient (Wildman–Crippen LogP) is 1.53. The second kappa shape index (κ2) is 6.11. The summed E-state index contributed by atoms with van der Waals surface area (Å²) in [6.45, 7) is 4.03. The van der Waals surface area contributed by atoms with Gasteiger partial charge in [-0.05, 0) is 26.7 Å². The second-order valence-corrected chi connectivity index (χ2v) is 3.83. The molecule has 1 N–H and O–H groups in total. The van der Waals surface area contributed by atoms with Crippen LogP contribution in [0.1, 0.15) is 39.5 Å². The number of ketones is 1. The Kier molecular flexibility index (Phi) is 5.91. The van der Waals surface area contributed by atoms with E-state index in [2.05, 4.69) is 0 Å². The van der Waals surface area contributed by atoms with Crippen LogP contribution >= 0.6 is 0 Å². The molecule has 0 unspecified atom stereocenters. The fourth-order valence-electron chi connectivity index (χ4n) is 0.944. The van der Waals surface area contributed by atoms with Crippen LogP contribution in [0.4, 0.5) is 0 Å². The van der Waals surface area contributed by atoms with Gasteiger partial charge in [0.2, 0.25) is 0 Å². The highest BCUT2D eigenvalue weighted by Gasteiger charge is 2.17. The first-order chi connectivity index (χ1) is 6.02. The van der Waals surface area contributed by atoms with E-state index in [0.717, 1.165) is 6.42 Å². The molecule has 0 aliphatic rings. The van der Waals surface area contributed by atoms with Crippen molar-refractivity contribution in [3.05, 3.63) is 0 Å². The smallest absolute Gasteiger partial charge is 0.133 e. The SMILES string of the molecule is COC(C)(C)CCC(=O)CCCO. The first kappa shape index (κ1) is 12.6. The summed E-state index contributed by atoms with van der Waals surface area (Å²) in [5.41, 5.74) is -0.213. The lowest BCUT2D eigenvalue weighted by Crippen LogP contribution is -2.23. The number of methoxy groups -OCH3 is 1. The molecule has 0 aromatic heterocycles. The van der Waals surface area contributed by atoms with Crippen molar-refractivity contribution < 1.29 is 14.6 Å². The first-order valence-electron chi connectivity index (χ1n) is 4.69. The molecular weight excluding hydrogens is 168 g/mol. The minimum Gasteiger partial charge on any atom is -0.396 e. The average Bonchev–Trinajstić information content (AvgIpc) is 2.11. The predicted molar refractivity (Wildman–Crippen MR) is 51.6 cm³/mol. The van der Waals surface area contributed by atoms with E-state index in [4.69, 9.17) is 9.84 Å². The fraction of sp³-hybridized carbons (Fsp3) is 0.900. The lowest BCUT2D eigenvalue weighted by molar-refractivity contribution is -0.120. The zero-order valence-corrected chi connectivity index (χ0v) is 8.80. The molecule has 0 heterocycles. The van der Waals surface area contributed by atoms with Gasteiger partial charge in [0.1, 0.15) is 5.78 Å². The van der Waals surface area contributed by atoms with Crippen molar-refractivity contribution in [2.45, 2.75) is 45.1 Å². The molecule has 13 heavy (non-hydrogen) atoms. The number of carbonyl (C=O) groups is 1. The summed E-state index contributed by atoms with van der Waals surface area (Å²) in [6.07, 6.45) is 2.34. The van der Waals surface area contributed by atoms with Gasteiger partial charge in [0.05, 0.1) is 5.60 Å². The van der Waals surface area contributed by atoms with Gasteiger partial charge in [-0.25, -0.2) is 0 Å². The van der Waals surface area contributed by atoms with Crippen LogP contribution in [0.3, 0.4) is 0 Å². The molecule has 0 amide bonds. The molecule has 0 saturated heterocycles. The minimum absolute atomic E-state index is 0.0966. The molecule has 0 saturated carbocycles. The van der Waals surface area contributed by atoms with Gasteiger partial charge in [-0.2, -0.15) is 0 Å². The van der Waals surface area contributed by atoms with Crippen LogP contribution in [0.5, 0.6) is 0 Å². The maximum atomic E-state index is 11.2. The van der Waals surface area contributed by atoms with E-state index < -0.39 is 0 Å². The summed E-state index contributed by atoms with van der Waals surface area (Å²) in [5.74, 6) is 0.208. The fourth-order valence-corrected chi connectivity index (χ4v) is 0.944. The first-order valence-corrected chi connectivity index (χ1v) is 4.69. The van der Waals surface area contributed by atoms with Crippen molar-refractivity contribution in [2.24, 2.45) is 0 Å². The highest BCUT2D eigenvalue weighted by molar-refractivity contribution is 5.78. The van der Waals surface area contributed by atoms with E-state index >= 15 is 0 Å². The summed E-state index contributed by atoms with van der Waals surface area (Å²) < 4.78 is 5.19. The molecule has 0 rings (SSSR count). The van der Waals surface area contributed by atoms with Crippen molar-refractivity contribution >= 4 is 5.78 Å². The summed E-state index contributed by atoms with van der Waals surface area (Å²) >= 11 is 0. The van der Waals surface area contributed by atoms with Crippen LogP contribution in [-0.4, -0.2) is 30.2 Å². The van der Waals surface area contributed by atoms with Gasteiger partial charge in [0, 0.05) is 26.6 Å². The molecule has 0 fully saturated rings. The number of Topliss-reactive ketones (excluding diaryl/α,β-unsaturated/α-hetero) is 1. The monoisotopic (exact) mass is 188 g/mol. The van der Waals surface area contributed by atoms with Gasteiger partial charge in [-0.15, -0.1) is 0 Å². The van der Waals surface area contributed by atoms with Crippen molar-refractivity contribution in [3.8, 4) is 0 Å². The van der Waals surface area contributed by atoms with E-state index in [-0.39, 0.29) is 18.0 Å². The molecule has 0 radical (unpaired) electrons. The third kappa shape index (κ3) is 6.72. The van der Waals surface area contributed by atoms with Crippen LogP contribution in [0.2, 0.25) is 0 Å². The third-order valence-electron chi connectivity index (χ3n) is 2.17. The number of aliphatic hydroxyl groups excluding tert-OH is 1. The van der Waals surface area contributed by atoms with Gasteiger partial charge >= 0.3 is 0 Å². The van der Waals surface area contributed by atoms with Gasteiger partial charge in [0.15, 0.2) is 0 Å². The third-order valence-corrected chi connectivity index (χ3v) is 2.17. The van der Waals surface area contributed by atoms with Crippen LogP contribution < -0.4 is 0 Å². The van der Waals surface area contributed by atoms with Crippen molar-refractivity contribution in [2.75, 3.05) is 13.7 Å². The zero-order chi connectivity index (χ0) is 10.3. The molecule has 0 aliphatic carbocycles. The molecule has 3 heteroatoms. The molecule has 0 aliphatic heterocycles. The standard InChI is InChI=1S/C10H20O3/c1-10(2,13-3)7-6-9(12)5-4-8-11/h11H,4-8H2,1-3H3. The van der Waals surface area contributed by atoms with Crippen LogP contribution in [-0.2, 0) is 9.53 Å². The summed E-state index contributed by atoms with van der Waals surface area (Å²) in [7, 11) is 1.65. The molecule has 78 valence electrons. The zero-order valence-electron chi connectivity index (χ0n) is 8.80. The summed E-state index contributed by atoms with van der Waals surface area (Å²) in [6, 6.07) is 0. The quantitative estimate of drug-likeness (QED) is 0.659. The van der Waals surface area contributed by atoms with E-state index in [0.29, 0.717) is 19.3 Å². The Bertz CT molecular complexity index is 152. The Hall–Kier alpha value is -0.410. The molecule has 0 aromatic carbocycles. The minimum atomic E-state index is -0.213. The Balaban J connectivity index is 3.57. The highest BCUT2D eigenvalue weighted by Crippen LogP contribution is 2.16. The number of hydrogen-bond acceptors (Lipinski definition) is 3. The Morgan fingerprint density at radius 2 is 2.00 bits per heavy atom. The number of aliphatic hydroxyl groups is 1. The van der Waals surface area contributed by atoms with Crippen LogP contribution in [0.25, 0.3) is 0 Å². The second-order valence-electron chi connectivity index (χ2n) is 3.83. The largest absolute Gasteiger partial charge is 0.396 e. The van der Waals surface area contributed by atoms with Crippen LogP contribution in [0, 0.1) is 0 Å². The Morgan fingerprint density at radius 3 is 2.46 bits per heavy atom. The average molecular weight is 188 g/mol.